The Kier molecular flexibility index (Phi) is 4.54. The molecule has 0 saturated carbocycles. The summed E-state index contributed by atoms with van der Waals surface area (Å²) in [6, 6.07) is 5.68. The van der Waals surface area contributed by atoms with Crippen molar-refractivity contribution < 1.29 is 23.7 Å². The molecule has 0 amide bonds. The summed E-state index contributed by atoms with van der Waals surface area (Å²) in [6.45, 7) is 8.76. The lowest BCUT2D eigenvalue weighted by Crippen LogP contribution is -2.40. The zero-order valence-corrected chi connectivity index (χ0v) is 17.6. The van der Waals surface area contributed by atoms with Gasteiger partial charge in [0.2, 0.25) is 5.60 Å². The Balaban J connectivity index is 1.73. The minimum absolute atomic E-state index is 0.0689. The van der Waals surface area contributed by atoms with Crippen molar-refractivity contribution in [1.29, 1.82) is 5.26 Å². The number of esters is 1. The number of nitrogens with zero attached hydrogens (tertiary/aromatic N) is 4. The SMILES string of the molecule is CC1(C)O[C@H]2[C@@H](O1)[C@](C#N)(c1ccc3c(N)ncnn13)O[C@@H]2COC(=O)C(C)(C)C. The first-order valence-electron chi connectivity index (χ1n) is 9.69. The Morgan fingerprint density at radius 1 is 1.33 bits per heavy atom. The van der Waals surface area contributed by atoms with Gasteiger partial charge in [0.1, 0.15) is 42.8 Å². The van der Waals surface area contributed by atoms with Crippen LogP contribution in [0.2, 0.25) is 0 Å². The van der Waals surface area contributed by atoms with E-state index in [1.807, 2.05) is 0 Å². The smallest absolute Gasteiger partial charge is 0.311 e. The minimum atomic E-state index is -1.54. The van der Waals surface area contributed by atoms with Crippen molar-refractivity contribution in [2.45, 2.75) is 64.3 Å². The van der Waals surface area contributed by atoms with Crippen molar-refractivity contribution in [2.75, 3.05) is 12.3 Å². The highest BCUT2D eigenvalue weighted by Crippen LogP contribution is 2.49. The zero-order chi connectivity index (χ0) is 21.9. The van der Waals surface area contributed by atoms with Crippen LogP contribution in [0.1, 0.15) is 40.3 Å². The third-order valence-electron chi connectivity index (χ3n) is 5.25. The number of fused-ring (bicyclic) bond motifs is 2. The van der Waals surface area contributed by atoms with Crippen LogP contribution >= 0.6 is 0 Å². The molecule has 0 spiro atoms. The van der Waals surface area contributed by atoms with Crippen LogP contribution in [0, 0.1) is 16.7 Å². The lowest BCUT2D eigenvalue weighted by atomic mass is 9.92. The number of aromatic nitrogens is 3. The van der Waals surface area contributed by atoms with Gasteiger partial charge in [-0.1, -0.05) is 0 Å². The van der Waals surface area contributed by atoms with E-state index >= 15 is 0 Å². The Morgan fingerprint density at radius 3 is 2.73 bits per heavy atom. The van der Waals surface area contributed by atoms with E-state index in [0.29, 0.717) is 11.2 Å². The second-order valence-corrected chi connectivity index (χ2v) is 9.03. The fourth-order valence-corrected chi connectivity index (χ4v) is 3.84. The number of ether oxygens (including phenoxy) is 4. The predicted molar refractivity (Wildman–Crippen MR) is 104 cm³/mol. The fraction of sp³-hybridized carbons (Fsp3) is 0.600. The van der Waals surface area contributed by atoms with E-state index in [0.717, 1.165) is 0 Å². The first-order chi connectivity index (χ1) is 14.0. The zero-order valence-electron chi connectivity index (χ0n) is 17.6. The van der Waals surface area contributed by atoms with Crippen molar-refractivity contribution in [2.24, 2.45) is 5.41 Å². The average Bonchev–Trinajstić information content (AvgIpc) is 3.30. The molecule has 0 radical (unpaired) electrons. The number of carbonyl (C=O) groups excluding carboxylic acids is 1. The highest BCUT2D eigenvalue weighted by Gasteiger charge is 2.65. The molecule has 2 N–H and O–H groups in total. The lowest BCUT2D eigenvalue weighted by molar-refractivity contribution is -0.207. The molecule has 2 fully saturated rings. The molecule has 30 heavy (non-hydrogen) atoms. The van der Waals surface area contributed by atoms with E-state index in [4.69, 9.17) is 24.7 Å². The van der Waals surface area contributed by atoms with E-state index in [9.17, 15) is 10.1 Å². The maximum atomic E-state index is 12.3. The molecule has 4 rings (SSSR count). The summed E-state index contributed by atoms with van der Waals surface area (Å²) in [7, 11) is 0. The van der Waals surface area contributed by atoms with Gasteiger partial charge in [0.25, 0.3) is 0 Å². The third kappa shape index (κ3) is 3.10. The van der Waals surface area contributed by atoms with Crippen molar-refractivity contribution >= 4 is 17.3 Å². The summed E-state index contributed by atoms with van der Waals surface area (Å²) < 4.78 is 25.3. The summed E-state index contributed by atoms with van der Waals surface area (Å²) in [6.07, 6.45) is -0.767. The molecule has 2 saturated heterocycles. The van der Waals surface area contributed by atoms with Gasteiger partial charge in [-0.3, -0.25) is 4.79 Å². The van der Waals surface area contributed by atoms with Gasteiger partial charge in [0.05, 0.1) is 11.1 Å². The number of nitriles is 1. The second kappa shape index (κ2) is 6.63. The number of rotatable bonds is 3. The van der Waals surface area contributed by atoms with Gasteiger partial charge in [-0.25, -0.2) is 9.50 Å². The van der Waals surface area contributed by atoms with E-state index < -0.39 is 35.1 Å². The standard InChI is InChI=1S/C20H25N5O5/c1-18(2,3)17(26)27-8-12-14-15(30-19(4,5)29-14)20(9-21,28-12)13-7-6-11-16(22)23-10-24-25(11)13/h6-7,10,12,14-15H,8H2,1-5H3,(H2,22,23,24)/t12-,14-,15-,20+/m1/s1. The van der Waals surface area contributed by atoms with Crippen molar-refractivity contribution in [3.63, 3.8) is 0 Å². The van der Waals surface area contributed by atoms with Crippen molar-refractivity contribution in [3.05, 3.63) is 24.2 Å². The van der Waals surface area contributed by atoms with Crippen LogP contribution in [-0.4, -0.2) is 51.3 Å². The first-order valence-corrected chi connectivity index (χ1v) is 9.69. The van der Waals surface area contributed by atoms with E-state index in [1.165, 1.54) is 10.8 Å². The van der Waals surface area contributed by atoms with Crippen LogP contribution in [0.3, 0.4) is 0 Å². The van der Waals surface area contributed by atoms with Crippen LogP contribution in [0.25, 0.3) is 5.52 Å². The molecule has 0 bridgehead atoms. The molecule has 10 nitrogen and oxygen atoms in total. The van der Waals surface area contributed by atoms with E-state index in [-0.39, 0.29) is 18.4 Å². The van der Waals surface area contributed by atoms with Gasteiger partial charge >= 0.3 is 5.97 Å². The highest BCUT2D eigenvalue weighted by molar-refractivity contribution is 5.75. The van der Waals surface area contributed by atoms with Crippen molar-refractivity contribution in [1.82, 2.24) is 14.6 Å². The minimum Gasteiger partial charge on any atom is -0.462 e. The largest absolute Gasteiger partial charge is 0.462 e. The summed E-state index contributed by atoms with van der Waals surface area (Å²) >= 11 is 0. The molecule has 0 aromatic carbocycles. The molecular weight excluding hydrogens is 390 g/mol. The summed E-state index contributed by atoms with van der Waals surface area (Å²) in [5.41, 5.74) is 4.73. The Bertz CT molecular complexity index is 1040. The fourth-order valence-electron chi connectivity index (χ4n) is 3.84. The van der Waals surface area contributed by atoms with Gasteiger partial charge in [-0.15, -0.1) is 0 Å². The van der Waals surface area contributed by atoms with Gasteiger partial charge < -0.3 is 24.7 Å². The van der Waals surface area contributed by atoms with Crippen LogP contribution in [0.4, 0.5) is 5.82 Å². The number of carbonyl (C=O) groups is 1. The molecule has 0 unspecified atom stereocenters. The topological polar surface area (TPSA) is 134 Å². The number of hydrogen-bond acceptors (Lipinski definition) is 9. The molecule has 4 heterocycles. The first kappa shape index (κ1) is 20.5. The molecule has 0 aliphatic carbocycles. The summed E-state index contributed by atoms with van der Waals surface area (Å²) in [5.74, 6) is -1.03. The number of nitrogens with two attached hydrogens (primary N) is 1. The maximum absolute atomic E-state index is 12.3. The Morgan fingerprint density at radius 2 is 2.07 bits per heavy atom. The van der Waals surface area contributed by atoms with Crippen LogP contribution < -0.4 is 5.73 Å². The van der Waals surface area contributed by atoms with Gasteiger partial charge in [-0.05, 0) is 46.8 Å². The summed E-state index contributed by atoms with van der Waals surface area (Å²) in [4.78, 5) is 16.2. The van der Waals surface area contributed by atoms with Crippen LogP contribution in [0.15, 0.2) is 18.5 Å². The van der Waals surface area contributed by atoms with Gasteiger partial charge in [0, 0.05) is 0 Å². The van der Waals surface area contributed by atoms with Crippen LogP contribution in [-0.2, 0) is 29.3 Å². The monoisotopic (exact) mass is 415 g/mol. The highest BCUT2D eigenvalue weighted by atomic mass is 16.8. The predicted octanol–water partition coefficient (Wildman–Crippen LogP) is 1.54. The van der Waals surface area contributed by atoms with E-state index in [2.05, 4.69) is 16.2 Å². The average molecular weight is 415 g/mol. The maximum Gasteiger partial charge on any atom is 0.311 e. The van der Waals surface area contributed by atoms with Crippen molar-refractivity contribution in [3.8, 4) is 6.07 Å². The number of nitrogen functional groups attached to an aromatic ring is 1. The molecule has 10 heteroatoms. The second-order valence-electron chi connectivity index (χ2n) is 9.03. The molecular formula is C20H25N5O5. The van der Waals surface area contributed by atoms with E-state index in [1.54, 1.807) is 46.8 Å². The number of hydrogen-bond donors (Lipinski definition) is 1. The molecule has 4 atom stereocenters. The lowest BCUT2D eigenvalue weighted by Gasteiger charge is -2.29. The Hall–Kier alpha value is -2.74. The molecule has 2 aromatic heterocycles. The number of anilines is 1. The third-order valence-corrected chi connectivity index (χ3v) is 5.25. The van der Waals surface area contributed by atoms with Gasteiger partial charge in [-0.2, -0.15) is 10.4 Å². The van der Waals surface area contributed by atoms with Gasteiger partial charge in [0.15, 0.2) is 11.6 Å². The Labute approximate surface area is 173 Å². The summed E-state index contributed by atoms with van der Waals surface area (Å²) in [5, 5.41) is 14.5. The van der Waals surface area contributed by atoms with Crippen LogP contribution in [0.5, 0.6) is 0 Å². The quantitative estimate of drug-likeness (QED) is 0.741. The molecule has 2 aliphatic rings. The normalized spacial score (nSPS) is 30.2. The molecule has 2 aromatic rings. The molecule has 160 valence electrons. The molecule has 2 aliphatic heterocycles.